The Morgan fingerprint density at radius 3 is 2.55 bits per heavy atom. The molecule has 1 aliphatic carbocycles. The summed E-state index contributed by atoms with van der Waals surface area (Å²) in [5.74, 6) is 2.58. The van der Waals surface area contributed by atoms with Crippen LogP contribution in [-0.4, -0.2) is 10.9 Å². The van der Waals surface area contributed by atoms with E-state index in [1.54, 1.807) is 12.8 Å². The molecule has 1 aliphatic rings. The smallest absolute Gasteiger partial charge is 0.185 e. The quantitative estimate of drug-likeness (QED) is 0.635. The van der Waals surface area contributed by atoms with Crippen molar-refractivity contribution in [2.24, 2.45) is 0 Å². The van der Waals surface area contributed by atoms with Gasteiger partial charge in [-0.3, -0.25) is 4.79 Å². The van der Waals surface area contributed by atoms with Gasteiger partial charge in [-0.15, -0.1) is 0 Å². The van der Waals surface area contributed by atoms with Gasteiger partial charge in [-0.05, 0) is 18.8 Å². The van der Waals surface area contributed by atoms with Crippen LogP contribution in [0.2, 0.25) is 0 Å². The van der Waals surface area contributed by atoms with Crippen molar-refractivity contribution < 1.29 is 4.79 Å². The van der Waals surface area contributed by atoms with E-state index in [9.17, 15) is 4.79 Å². The molecule has 0 aromatic heterocycles. The van der Waals surface area contributed by atoms with Gasteiger partial charge in [0.1, 0.15) is 0 Å². The molecule has 1 rings (SSSR count). The predicted octanol–water partition coefficient (Wildman–Crippen LogP) is 2.80. The van der Waals surface area contributed by atoms with E-state index in [-0.39, 0.29) is 5.12 Å². The first-order valence-corrected chi connectivity index (χ1v) is 5.24. The molecule has 0 heterocycles. The maximum Gasteiger partial charge on any atom is 0.185 e. The molecule has 0 amide bonds. The number of hydrogen-bond donors (Lipinski definition) is 0. The molecule has 63 valence electrons. The Kier molecular flexibility index (Phi) is 3.98. The van der Waals surface area contributed by atoms with Crippen LogP contribution in [0.5, 0.6) is 0 Å². The van der Waals surface area contributed by atoms with Crippen molar-refractivity contribution in [3.8, 4) is 0 Å². The van der Waals surface area contributed by atoms with E-state index >= 15 is 0 Å². The van der Waals surface area contributed by atoms with Gasteiger partial charge in [0, 0.05) is 12.7 Å². The van der Waals surface area contributed by atoms with E-state index < -0.39 is 0 Å². The van der Waals surface area contributed by atoms with Crippen LogP contribution in [0.3, 0.4) is 0 Å². The van der Waals surface area contributed by atoms with Gasteiger partial charge in [0.05, 0.1) is 0 Å². The Labute approximate surface area is 72.9 Å². The van der Waals surface area contributed by atoms with Crippen molar-refractivity contribution in [3.63, 3.8) is 0 Å². The highest BCUT2D eigenvalue weighted by molar-refractivity contribution is 8.13. The average Bonchev–Trinajstić information content (AvgIpc) is 2.03. The van der Waals surface area contributed by atoms with Gasteiger partial charge in [0.25, 0.3) is 0 Å². The summed E-state index contributed by atoms with van der Waals surface area (Å²) in [4.78, 5) is 10.6. The lowest BCUT2D eigenvalue weighted by Gasteiger charge is -2.19. The molecule has 0 N–H and O–H groups in total. The summed E-state index contributed by atoms with van der Waals surface area (Å²) in [5, 5.41) is 0.253. The van der Waals surface area contributed by atoms with Crippen LogP contribution in [0.1, 0.15) is 39.0 Å². The molecule has 1 fully saturated rings. The number of carbonyl (C=O) groups excluding carboxylic acids is 1. The highest BCUT2D eigenvalue weighted by Crippen LogP contribution is 2.28. The lowest BCUT2D eigenvalue weighted by Crippen LogP contribution is -2.07. The molecule has 0 atom stereocenters. The Bertz CT molecular complexity index is 128. The fraction of sp³-hybridized carbons (Fsp3) is 0.778. The third-order valence-electron chi connectivity index (χ3n) is 2.04. The van der Waals surface area contributed by atoms with Crippen molar-refractivity contribution in [3.05, 3.63) is 5.92 Å². The Hall–Kier alpha value is 0.0200. The summed E-state index contributed by atoms with van der Waals surface area (Å²) in [7, 11) is 0. The molecule has 0 aromatic rings. The maximum atomic E-state index is 10.6. The zero-order valence-corrected chi connectivity index (χ0v) is 7.88. The minimum atomic E-state index is 0.253. The van der Waals surface area contributed by atoms with E-state index in [4.69, 9.17) is 0 Å². The van der Waals surface area contributed by atoms with Crippen LogP contribution < -0.4 is 0 Å². The fourth-order valence-electron chi connectivity index (χ4n) is 1.40. The third kappa shape index (κ3) is 3.80. The van der Waals surface area contributed by atoms with E-state index in [0.717, 1.165) is 5.75 Å². The zero-order valence-electron chi connectivity index (χ0n) is 7.06. The fourth-order valence-corrected chi connectivity index (χ4v) is 2.10. The predicted molar refractivity (Wildman–Crippen MR) is 49.5 cm³/mol. The van der Waals surface area contributed by atoms with Gasteiger partial charge < -0.3 is 0 Å². The van der Waals surface area contributed by atoms with Crippen molar-refractivity contribution in [1.82, 2.24) is 0 Å². The van der Waals surface area contributed by atoms with Crippen molar-refractivity contribution in [2.45, 2.75) is 39.0 Å². The topological polar surface area (TPSA) is 17.1 Å². The van der Waals surface area contributed by atoms with Crippen LogP contribution in [-0.2, 0) is 4.79 Å². The van der Waals surface area contributed by atoms with E-state index in [0.29, 0.717) is 0 Å². The minimum Gasteiger partial charge on any atom is -0.288 e. The molecule has 0 spiro atoms. The van der Waals surface area contributed by atoms with Crippen molar-refractivity contribution >= 4 is 16.9 Å². The average molecular weight is 171 g/mol. The van der Waals surface area contributed by atoms with E-state index in [1.165, 1.54) is 43.9 Å². The van der Waals surface area contributed by atoms with E-state index in [2.05, 4.69) is 0 Å². The number of carbonyl (C=O) groups is 1. The molecule has 2 heteroatoms. The summed E-state index contributed by atoms with van der Waals surface area (Å²) >= 11 is 1.46. The summed E-state index contributed by atoms with van der Waals surface area (Å²) in [5.41, 5.74) is 0. The minimum absolute atomic E-state index is 0.253. The molecular weight excluding hydrogens is 156 g/mol. The second-order valence-corrected chi connectivity index (χ2v) is 4.24. The van der Waals surface area contributed by atoms with Crippen LogP contribution >= 0.6 is 11.8 Å². The second kappa shape index (κ2) is 4.81. The molecule has 11 heavy (non-hydrogen) atoms. The molecule has 1 saturated carbocycles. The first-order valence-electron chi connectivity index (χ1n) is 4.26. The third-order valence-corrected chi connectivity index (χ3v) is 3.00. The summed E-state index contributed by atoms with van der Waals surface area (Å²) < 4.78 is 0. The lowest BCUT2D eigenvalue weighted by molar-refractivity contribution is -0.109. The summed E-state index contributed by atoms with van der Waals surface area (Å²) in [6.07, 6.45) is 6.59. The first kappa shape index (κ1) is 9.11. The standard InChI is InChI=1S/C9H15OS/c1-8(10)11-7-9-5-3-2-4-6-9/h2-7H2,1H3. The molecule has 0 aromatic carbocycles. The second-order valence-electron chi connectivity index (χ2n) is 3.09. The molecule has 0 saturated heterocycles. The zero-order chi connectivity index (χ0) is 8.10. The Balaban J connectivity index is 2.09. The van der Waals surface area contributed by atoms with Crippen LogP contribution in [0, 0.1) is 5.92 Å². The van der Waals surface area contributed by atoms with E-state index in [1.807, 2.05) is 0 Å². The van der Waals surface area contributed by atoms with Gasteiger partial charge in [-0.2, -0.15) is 0 Å². The van der Waals surface area contributed by atoms with Crippen LogP contribution in [0.4, 0.5) is 0 Å². The number of thioether (sulfide) groups is 1. The van der Waals surface area contributed by atoms with Gasteiger partial charge in [-0.1, -0.05) is 31.0 Å². The molecule has 1 radical (unpaired) electrons. The SMILES string of the molecule is CC(=O)SC[C]1CCCCC1. The van der Waals surface area contributed by atoms with Gasteiger partial charge in [-0.25, -0.2) is 0 Å². The van der Waals surface area contributed by atoms with Gasteiger partial charge in [0.15, 0.2) is 5.12 Å². The summed E-state index contributed by atoms with van der Waals surface area (Å²) in [6.45, 7) is 1.65. The molecule has 0 aliphatic heterocycles. The molecule has 1 nitrogen and oxygen atoms in total. The largest absolute Gasteiger partial charge is 0.288 e. The van der Waals surface area contributed by atoms with Gasteiger partial charge >= 0.3 is 0 Å². The Morgan fingerprint density at radius 2 is 2.00 bits per heavy atom. The highest BCUT2D eigenvalue weighted by atomic mass is 32.2. The molecule has 0 bridgehead atoms. The van der Waals surface area contributed by atoms with Crippen LogP contribution in [0.25, 0.3) is 0 Å². The maximum absolute atomic E-state index is 10.6. The van der Waals surface area contributed by atoms with Crippen molar-refractivity contribution in [1.29, 1.82) is 0 Å². The first-order chi connectivity index (χ1) is 5.29. The number of rotatable bonds is 2. The van der Waals surface area contributed by atoms with Crippen LogP contribution in [0.15, 0.2) is 0 Å². The summed E-state index contributed by atoms with van der Waals surface area (Å²) in [6, 6.07) is 0. The van der Waals surface area contributed by atoms with Gasteiger partial charge in [0.2, 0.25) is 0 Å². The highest BCUT2D eigenvalue weighted by Gasteiger charge is 2.14. The lowest BCUT2D eigenvalue weighted by atomic mass is 9.91. The molecule has 0 unspecified atom stereocenters. The molecular formula is C9H15OS. The van der Waals surface area contributed by atoms with Crippen molar-refractivity contribution in [2.75, 3.05) is 5.75 Å². The monoisotopic (exact) mass is 171 g/mol. The number of hydrogen-bond acceptors (Lipinski definition) is 2. The normalized spacial score (nSPS) is 20.1. The Morgan fingerprint density at radius 1 is 1.36 bits per heavy atom.